The highest BCUT2D eigenvalue weighted by Crippen LogP contribution is 2.28. The number of carbonyl (C=O) groups is 1. The van der Waals surface area contributed by atoms with Crippen LogP contribution >= 0.6 is 0 Å². The zero-order valence-electron chi connectivity index (χ0n) is 16.1. The molecule has 1 atom stereocenters. The smallest absolute Gasteiger partial charge is 0.221 e. The van der Waals surface area contributed by atoms with Crippen molar-refractivity contribution in [2.45, 2.75) is 38.6 Å². The summed E-state index contributed by atoms with van der Waals surface area (Å²) in [5.41, 5.74) is 4.78. The Balaban J connectivity index is 1.72. The molecule has 0 bridgehead atoms. The molecule has 3 aromatic rings. The van der Waals surface area contributed by atoms with Gasteiger partial charge in [-0.3, -0.25) is 4.79 Å². The average Bonchev–Trinajstić information content (AvgIpc) is 2.73. The van der Waals surface area contributed by atoms with Gasteiger partial charge in [-0.2, -0.15) is 0 Å². The summed E-state index contributed by atoms with van der Waals surface area (Å²) in [6.45, 7) is 4.19. The van der Waals surface area contributed by atoms with E-state index in [1.54, 1.807) is 0 Å². The average molecular weight is 357 g/mol. The number of hydrogen-bond acceptors (Lipinski definition) is 1. The Hall–Kier alpha value is -2.87. The first kappa shape index (κ1) is 18.9. The Kier molecular flexibility index (Phi) is 6.43. The van der Waals surface area contributed by atoms with Crippen LogP contribution in [0.5, 0.6) is 0 Å². The molecule has 1 unspecified atom stereocenters. The first-order valence-electron chi connectivity index (χ1n) is 9.65. The van der Waals surface area contributed by atoms with Gasteiger partial charge in [0.1, 0.15) is 0 Å². The lowest BCUT2D eigenvalue weighted by atomic mass is 9.88. The molecule has 0 saturated heterocycles. The van der Waals surface area contributed by atoms with Crippen molar-refractivity contribution in [3.05, 3.63) is 107 Å². The van der Waals surface area contributed by atoms with E-state index in [-0.39, 0.29) is 17.9 Å². The molecular formula is C25H27NO. The summed E-state index contributed by atoms with van der Waals surface area (Å²) in [5, 5.41) is 3.16. The van der Waals surface area contributed by atoms with Gasteiger partial charge in [0.25, 0.3) is 0 Å². The molecule has 0 heterocycles. The highest BCUT2D eigenvalue weighted by atomic mass is 16.1. The van der Waals surface area contributed by atoms with Crippen LogP contribution in [0.15, 0.2) is 84.9 Å². The quantitative estimate of drug-likeness (QED) is 0.582. The SMILES string of the molecule is CCc1ccc(C(C)NC(=O)CC(c2ccccc2)c2ccccc2)cc1. The molecule has 2 nitrogen and oxygen atoms in total. The lowest BCUT2D eigenvalue weighted by molar-refractivity contribution is -0.121. The summed E-state index contributed by atoms with van der Waals surface area (Å²) in [6.07, 6.45) is 1.46. The number of benzene rings is 3. The molecule has 0 radical (unpaired) electrons. The summed E-state index contributed by atoms with van der Waals surface area (Å²) in [4.78, 5) is 12.8. The van der Waals surface area contributed by atoms with E-state index in [4.69, 9.17) is 0 Å². The largest absolute Gasteiger partial charge is 0.350 e. The first-order chi connectivity index (χ1) is 13.2. The maximum Gasteiger partial charge on any atom is 0.221 e. The number of nitrogens with one attached hydrogen (secondary N) is 1. The summed E-state index contributed by atoms with van der Waals surface area (Å²) >= 11 is 0. The van der Waals surface area contributed by atoms with Gasteiger partial charge in [-0.25, -0.2) is 0 Å². The van der Waals surface area contributed by atoms with E-state index >= 15 is 0 Å². The van der Waals surface area contributed by atoms with Crippen LogP contribution in [-0.2, 0) is 11.2 Å². The molecular weight excluding hydrogens is 330 g/mol. The number of hydrogen-bond donors (Lipinski definition) is 1. The van der Waals surface area contributed by atoms with Crippen molar-refractivity contribution in [3.63, 3.8) is 0 Å². The van der Waals surface area contributed by atoms with E-state index in [2.05, 4.69) is 60.8 Å². The second-order valence-electron chi connectivity index (χ2n) is 6.96. The maximum absolute atomic E-state index is 12.8. The number of amides is 1. The Morgan fingerprint density at radius 3 is 1.78 bits per heavy atom. The molecule has 3 rings (SSSR count). The molecule has 0 aliphatic heterocycles. The Bertz CT molecular complexity index is 801. The second-order valence-corrected chi connectivity index (χ2v) is 6.96. The minimum Gasteiger partial charge on any atom is -0.350 e. The Morgan fingerprint density at radius 2 is 1.30 bits per heavy atom. The van der Waals surface area contributed by atoms with Gasteiger partial charge in [0, 0.05) is 12.3 Å². The van der Waals surface area contributed by atoms with Crippen LogP contribution in [0.1, 0.15) is 54.5 Å². The summed E-state index contributed by atoms with van der Waals surface area (Å²) < 4.78 is 0. The number of carbonyl (C=O) groups excluding carboxylic acids is 1. The molecule has 0 saturated carbocycles. The fourth-order valence-corrected chi connectivity index (χ4v) is 3.41. The van der Waals surface area contributed by atoms with Gasteiger partial charge in [-0.1, -0.05) is 91.9 Å². The first-order valence-corrected chi connectivity index (χ1v) is 9.65. The topological polar surface area (TPSA) is 29.1 Å². The van der Waals surface area contributed by atoms with E-state index in [1.807, 2.05) is 43.3 Å². The van der Waals surface area contributed by atoms with Crippen molar-refractivity contribution < 1.29 is 4.79 Å². The molecule has 0 fully saturated rings. The molecule has 1 amide bonds. The van der Waals surface area contributed by atoms with Crippen molar-refractivity contribution in [1.82, 2.24) is 5.32 Å². The molecule has 2 heteroatoms. The predicted octanol–water partition coefficient (Wildman–Crippen LogP) is 5.65. The van der Waals surface area contributed by atoms with Crippen molar-refractivity contribution in [2.75, 3.05) is 0 Å². The van der Waals surface area contributed by atoms with Gasteiger partial charge >= 0.3 is 0 Å². The molecule has 138 valence electrons. The van der Waals surface area contributed by atoms with Gasteiger partial charge < -0.3 is 5.32 Å². The summed E-state index contributed by atoms with van der Waals surface area (Å²) in [6, 6.07) is 29.0. The molecule has 0 aromatic heterocycles. The van der Waals surface area contributed by atoms with Crippen molar-refractivity contribution in [2.24, 2.45) is 0 Å². The maximum atomic E-state index is 12.8. The number of aryl methyl sites for hydroxylation is 1. The van der Waals surface area contributed by atoms with Crippen LogP contribution in [-0.4, -0.2) is 5.91 Å². The third kappa shape index (κ3) is 5.07. The second kappa shape index (κ2) is 9.18. The third-order valence-electron chi connectivity index (χ3n) is 5.06. The monoisotopic (exact) mass is 357 g/mol. The number of rotatable bonds is 7. The lowest BCUT2D eigenvalue weighted by Crippen LogP contribution is -2.28. The van der Waals surface area contributed by atoms with Gasteiger partial charge in [-0.15, -0.1) is 0 Å². The molecule has 27 heavy (non-hydrogen) atoms. The third-order valence-corrected chi connectivity index (χ3v) is 5.06. The minimum absolute atomic E-state index is 0.00407. The molecule has 0 spiro atoms. The van der Waals surface area contributed by atoms with Gasteiger partial charge in [-0.05, 0) is 35.6 Å². The van der Waals surface area contributed by atoms with Crippen LogP contribution in [0.3, 0.4) is 0 Å². The zero-order valence-corrected chi connectivity index (χ0v) is 16.1. The van der Waals surface area contributed by atoms with Crippen LogP contribution in [0.25, 0.3) is 0 Å². The zero-order chi connectivity index (χ0) is 19.1. The predicted molar refractivity (Wildman–Crippen MR) is 112 cm³/mol. The van der Waals surface area contributed by atoms with Crippen molar-refractivity contribution in [3.8, 4) is 0 Å². The fourth-order valence-electron chi connectivity index (χ4n) is 3.41. The lowest BCUT2D eigenvalue weighted by Gasteiger charge is -2.20. The van der Waals surface area contributed by atoms with Gasteiger partial charge in [0.2, 0.25) is 5.91 Å². The molecule has 0 aliphatic carbocycles. The van der Waals surface area contributed by atoms with Crippen LogP contribution < -0.4 is 5.32 Å². The molecule has 1 N–H and O–H groups in total. The van der Waals surface area contributed by atoms with Crippen molar-refractivity contribution >= 4 is 5.91 Å². The highest BCUT2D eigenvalue weighted by molar-refractivity contribution is 5.78. The fraction of sp³-hybridized carbons (Fsp3) is 0.240. The van der Waals surface area contributed by atoms with Gasteiger partial charge in [0.15, 0.2) is 0 Å². The highest BCUT2D eigenvalue weighted by Gasteiger charge is 2.19. The molecule has 0 aliphatic rings. The van der Waals surface area contributed by atoms with Crippen LogP contribution in [0.4, 0.5) is 0 Å². The summed E-state index contributed by atoms with van der Waals surface area (Å²) in [5.74, 6) is 0.127. The standard InChI is InChI=1S/C25H27NO/c1-3-20-14-16-21(17-15-20)19(2)26-25(27)18-24(22-10-6-4-7-11-22)23-12-8-5-9-13-23/h4-17,19,24H,3,18H2,1-2H3,(H,26,27). The van der Waals surface area contributed by atoms with E-state index < -0.39 is 0 Å². The van der Waals surface area contributed by atoms with E-state index in [0.717, 1.165) is 12.0 Å². The Morgan fingerprint density at radius 1 is 0.778 bits per heavy atom. The van der Waals surface area contributed by atoms with Gasteiger partial charge in [0.05, 0.1) is 6.04 Å². The van der Waals surface area contributed by atoms with Crippen LogP contribution in [0, 0.1) is 0 Å². The minimum atomic E-state index is -0.00407. The normalized spacial score (nSPS) is 12.0. The van der Waals surface area contributed by atoms with E-state index in [1.165, 1.54) is 16.7 Å². The van der Waals surface area contributed by atoms with E-state index in [0.29, 0.717) is 6.42 Å². The van der Waals surface area contributed by atoms with Crippen LogP contribution in [0.2, 0.25) is 0 Å². The van der Waals surface area contributed by atoms with E-state index in [9.17, 15) is 4.79 Å². The summed E-state index contributed by atoms with van der Waals surface area (Å²) in [7, 11) is 0. The van der Waals surface area contributed by atoms with Crippen molar-refractivity contribution in [1.29, 1.82) is 0 Å². The molecule has 3 aromatic carbocycles. The Labute approximate surface area is 162 Å².